The van der Waals surface area contributed by atoms with Gasteiger partial charge in [-0.25, -0.2) is 0 Å². The lowest BCUT2D eigenvalue weighted by Crippen LogP contribution is -1.94. The molecule has 0 saturated carbocycles. The molecule has 23 heavy (non-hydrogen) atoms. The fourth-order valence-corrected chi connectivity index (χ4v) is 2.94. The third kappa shape index (κ3) is 3.21. The number of benzene rings is 2. The number of rotatable bonds is 3. The summed E-state index contributed by atoms with van der Waals surface area (Å²) in [4.78, 5) is 9.21. The van der Waals surface area contributed by atoms with Crippen LogP contribution in [0, 0.1) is 20.8 Å². The van der Waals surface area contributed by atoms with Crippen LogP contribution < -0.4 is 0 Å². The summed E-state index contributed by atoms with van der Waals surface area (Å²) in [7, 11) is 0. The molecule has 3 rings (SSSR count). The lowest BCUT2D eigenvalue weighted by atomic mass is 9.98. The summed E-state index contributed by atoms with van der Waals surface area (Å²) in [5.74, 6) is 0. The van der Waals surface area contributed by atoms with Gasteiger partial charge in [0.15, 0.2) is 0 Å². The van der Waals surface area contributed by atoms with Crippen LogP contribution in [-0.2, 0) is 0 Å². The van der Waals surface area contributed by atoms with E-state index in [1.54, 1.807) is 12.4 Å². The predicted octanol–water partition coefficient (Wildman–Crippen LogP) is 5.38. The third-order valence-electron chi connectivity index (χ3n) is 3.80. The molecule has 1 aromatic heterocycles. The summed E-state index contributed by atoms with van der Waals surface area (Å²) in [6.45, 7) is 10.2. The van der Waals surface area contributed by atoms with E-state index in [4.69, 9.17) is 0 Å². The van der Waals surface area contributed by atoms with Crippen molar-refractivity contribution in [1.82, 2.24) is 9.97 Å². The van der Waals surface area contributed by atoms with Crippen molar-refractivity contribution in [1.29, 1.82) is 0 Å². The van der Waals surface area contributed by atoms with Gasteiger partial charge < -0.3 is 0 Å². The summed E-state index contributed by atoms with van der Waals surface area (Å²) in [5, 5.41) is 0. The highest BCUT2D eigenvalue weighted by molar-refractivity contribution is 5.79. The highest BCUT2D eigenvalue weighted by Crippen LogP contribution is 2.30. The molecule has 0 saturated heterocycles. The maximum absolute atomic E-state index is 4.60. The first kappa shape index (κ1) is 15.2. The van der Waals surface area contributed by atoms with Crippen LogP contribution in [0.5, 0.6) is 0 Å². The molecule has 0 spiro atoms. The Morgan fingerprint density at radius 2 is 1.17 bits per heavy atom. The van der Waals surface area contributed by atoms with Crippen LogP contribution in [0.2, 0.25) is 0 Å². The van der Waals surface area contributed by atoms with Crippen LogP contribution in [0.25, 0.3) is 28.6 Å². The van der Waals surface area contributed by atoms with Crippen molar-refractivity contribution in [2.45, 2.75) is 20.8 Å². The molecule has 0 aliphatic carbocycles. The van der Waals surface area contributed by atoms with Gasteiger partial charge >= 0.3 is 0 Å². The maximum atomic E-state index is 4.60. The Labute approximate surface area is 137 Å². The minimum Gasteiger partial charge on any atom is -0.252 e. The molecule has 114 valence electrons. The van der Waals surface area contributed by atoms with Crippen LogP contribution in [0.4, 0.5) is 0 Å². The summed E-state index contributed by atoms with van der Waals surface area (Å²) in [6, 6.07) is 12.8. The molecule has 0 aliphatic heterocycles. The Hall–Kier alpha value is -2.74. The van der Waals surface area contributed by atoms with Crippen LogP contribution in [0.1, 0.15) is 22.3 Å². The third-order valence-corrected chi connectivity index (χ3v) is 3.80. The summed E-state index contributed by atoms with van der Waals surface area (Å²) in [5.41, 5.74) is 8.74. The van der Waals surface area contributed by atoms with Crippen molar-refractivity contribution >= 4 is 6.08 Å². The summed E-state index contributed by atoms with van der Waals surface area (Å²) in [6.07, 6.45) is 5.36. The average molecular weight is 300 g/mol. The van der Waals surface area contributed by atoms with Gasteiger partial charge in [-0.1, -0.05) is 35.9 Å². The molecule has 2 heteroatoms. The van der Waals surface area contributed by atoms with Crippen molar-refractivity contribution in [3.63, 3.8) is 0 Å². The normalized spacial score (nSPS) is 10.6. The Balaban J connectivity index is 2.22. The minimum absolute atomic E-state index is 0.907. The lowest BCUT2D eigenvalue weighted by molar-refractivity contribution is 1.20. The molecule has 2 nitrogen and oxygen atoms in total. The fourth-order valence-electron chi connectivity index (χ4n) is 2.94. The lowest BCUT2D eigenvalue weighted by Gasteiger charge is -2.11. The largest absolute Gasteiger partial charge is 0.252 e. The molecule has 3 aromatic rings. The monoisotopic (exact) mass is 300 g/mol. The van der Waals surface area contributed by atoms with Gasteiger partial charge in [-0.3, -0.25) is 9.97 Å². The average Bonchev–Trinajstić information content (AvgIpc) is 2.53. The van der Waals surface area contributed by atoms with Crippen LogP contribution in [0.3, 0.4) is 0 Å². The van der Waals surface area contributed by atoms with Crippen molar-refractivity contribution in [2.24, 2.45) is 0 Å². The van der Waals surface area contributed by atoms with E-state index < -0.39 is 0 Å². The first-order valence-electron chi connectivity index (χ1n) is 7.71. The van der Waals surface area contributed by atoms with Crippen molar-refractivity contribution in [3.05, 3.63) is 77.6 Å². The zero-order valence-electron chi connectivity index (χ0n) is 13.8. The van der Waals surface area contributed by atoms with Crippen LogP contribution >= 0.6 is 0 Å². The first-order chi connectivity index (χ1) is 11.1. The quantitative estimate of drug-likeness (QED) is 0.649. The van der Waals surface area contributed by atoms with Gasteiger partial charge in [0.2, 0.25) is 0 Å². The predicted molar refractivity (Wildman–Crippen MR) is 97.2 cm³/mol. The van der Waals surface area contributed by atoms with Crippen LogP contribution in [-0.4, -0.2) is 9.97 Å². The van der Waals surface area contributed by atoms with E-state index in [1.165, 1.54) is 16.7 Å². The van der Waals surface area contributed by atoms with E-state index >= 15 is 0 Å². The highest BCUT2D eigenvalue weighted by atomic mass is 14.8. The van der Waals surface area contributed by atoms with E-state index in [0.717, 1.165) is 28.1 Å². The Morgan fingerprint density at radius 3 is 1.70 bits per heavy atom. The number of hydrogen-bond donors (Lipinski definition) is 0. The molecule has 0 radical (unpaired) electrons. The molecule has 0 N–H and O–H groups in total. The number of aromatic nitrogens is 2. The summed E-state index contributed by atoms with van der Waals surface area (Å²) < 4.78 is 0. The van der Waals surface area contributed by atoms with Gasteiger partial charge in [-0.2, -0.15) is 0 Å². The van der Waals surface area contributed by atoms with E-state index in [-0.39, 0.29) is 0 Å². The molecule has 0 fully saturated rings. The topological polar surface area (TPSA) is 25.8 Å². The molecule has 0 unspecified atom stereocenters. The van der Waals surface area contributed by atoms with Crippen molar-refractivity contribution < 1.29 is 0 Å². The fraction of sp³-hybridized carbons (Fsp3) is 0.143. The van der Waals surface area contributed by atoms with Gasteiger partial charge in [0.05, 0.1) is 11.4 Å². The highest BCUT2D eigenvalue weighted by Gasteiger charge is 2.12. The SMILES string of the molecule is C=Cc1cc(C)cc(-c2nccnc2-c2cc(C)cc(C)c2)c1. The van der Waals surface area contributed by atoms with Gasteiger partial charge in [-0.15, -0.1) is 0 Å². The minimum atomic E-state index is 0.907. The first-order valence-corrected chi connectivity index (χ1v) is 7.71. The van der Waals surface area contributed by atoms with Crippen molar-refractivity contribution in [3.8, 4) is 22.5 Å². The number of hydrogen-bond acceptors (Lipinski definition) is 2. The smallest absolute Gasteiger partial charge is 0.0965 e. The summed E-state index contributed by atoms with van der Waals surface area (Å²) >= 11 is 0. The second-order valence-corrected chi connectivity index (χ2v) is 5.97. The molecule has 0 amide bonds. The molecule has 0 aliphatic rings. The number of aryl methyl sites for hydroxylation is 3. The maximum Gasteiger partial charge on any atom is 0.0965 e. The Kier molecular flexibility index (Phi) is 4.07. The zero-order valence-corrected chi connectivity index (χ0v) is 13.8. The van der Waals surface area contributed by atoms with Gasteiger partial charge in [0.25, 0.3) is 0 Å². The van der Waals surface area contributed by atoms with E-state index in [9.17, 15) is 0 Å². The Bertz CT molecular complexity index is 859. The standard InChI is InChI=1S/C21H20N2/c1-5-17-9-16(4)12-19(13-17)21-20(22-6-7-23-21)18-10-14(2)8-15(3)11-18/h5-13H,1H2,2-4H3. The molecule has 1 heterocycles. The van der Waals surface area contributed by atoms with Crippen molar-refractivity contribution in [2.75, 3.05) is 0 Å². The van der Waals surface area contributed by atoms with E-state index in [1.807, 2.05) is 6.08 Å². The Morgan fingerprint density at radius 1 is 0.696 bits per heavy atom. The van der Waals surface area contributed by atoms with Crippen LogP contribution in [0.15, 0.2) is 55.4 Å². The van der Waals surface area contributed by atoms with E-state index in [0.29, 0.717) is 0 Å². The van der Waals surface area contributed by atoms with Gasteiger partial charge in [0.1, 0.15) is 0 Å². The second-order valence-electron chi connectivity index (χ2n) is 5.97. The zero-order chi connectivity index (χ0) is 16.4. The molecular weight excluding hydrogens is 280 g/mol. The van der Waals surface area contributed by atoms with E-state index in [2.05, 4.69) is 73.7 Å². The molecule has 0 atom stereocenters. The molecular formula is C21H20N2. The molecule has 2 aromatic carbocycles. The van der Waals surface area contributed by atoms with Gasteiger partial charge in [-0.05, 0) is 56.2 Å². The molecule has 0 bridgehead atoms. The second kappa shape index (κ2) is 6.17. The van der Waals surface area contributed by atoms with Gasteiger partial charge in [0, 0.05) is 23.5 Å². The number of nitrogens with zero attached hydrogens (tertiary/aromatic N) is 2.